The molecule has 3 N–H and O–H groups in total. The summed E-state index contributed by atoms with van der Waals surface area (Å²) in [5.74, 6) is -1.52. The number of amides is 1. The van der Waals surface area contributed by atoms with Crippen LogP contribution in [0.1, 0.15) is 13.3 Å². The Bertz CT molecular complexity index is 450. The molecule has 1 aromatic rings. The summed E-state index contributed by atoms with van der Waals surface area (Å²) in [6.45, 7) is 1.68. The van der Waals surface area contributed by atoms with E-state index < -0.39 is 34.1 Å². The molecule has 0 saturated carbocycles. The van der Waals surface area contributed by atoms with Crippen molar-refractivity contribution in [3.05, 3.63) is 34.1 Å². The third-order valence-electron chi connectivity index (χ3n) is 2.21. The second-order valence-electron chi connectivity index (χ2n) is 3.40. The number of nitrogens with zero attached hydrogens (tertiary/aromatic N) is 1. The molecule has 1 aromatic carbocycles. The predicted octanol–water partition coefficient (Wildman–Crippen LogP) is 1.41. The van der Waals surface area contributed by atoms with E-state index in [2.05, 4.69) is 5.32 Å². The average molecular weight is 241 g/mol. The fourth-order valence-corrected chi connectivity index (χ4v) is 1.19. The summed E-state index contributed by atoms with van der Waals surface area (Å²) in [4.78, 5) is 21.3. The van der Waals surface area contributed by atoms with E-state index in [1.165, 1.54) is 6.07 Å². The van der Waals surface area contributed by atoms with E-state index in [9.17, 15) is 19.3 Å². The van der Waals surface area contributed by atoms with Gasteiger partial charge in [-0.1, -0.05) is 13.0 Å². The van der Waals surface area contributed by atoms with E-state index in [1.54, 1.807) is 6.92 Å². The van der Waals surface area contributed by atoms with Gasteiger partial charge < -0.3 is 11.1 Å². The Morgan fingerprint density at radius 3 is 2.82 bits per heavy atom. The predicted molar refractivity (Wildman–Crippen MR) is 60.0 cm³/mol. The number of nitro benzene ring substituents is 1. The Labute approximate surface area is 96.8 Å². The van der Waals surface area contributed by atoms with Crippen LogP contribution in [-0.4, -0.2) is 16.9 Å². The zero-order valence-corrected chi connectivity index (χ0v) is 9.14. The zero-order chi connectivity index (χ0) is 13.0. The molecule has 0 bridgehead atoms. The Morgan fingerprint density at radius 1 is 1.65 bits per heavy atom. The summed E-state index contributed by atoms with van der Waals surface area (Å²) in [5, 5.41) is 12.8. The van der Waals surface area contributed by atoms with Gasteiger partial charge in [0.05, 0.1) is 11.0 Å². The Morgan fingerprint density at radius 2 is 2.29 bits per heavy atom. The van der Waals surface area contributed by atoms with Crippen molar-refractivity contribution in [3.63, 3.8) is 0 Å². The van der Waals surface area contributed by atoms with Gasteiger partial charge in [0.25, 0.3) is 5.69 Å². The van der Waals surface area contributed by atoms with Gasteiger partial charge in [0.15, 0.2) is 11.5 Å². The summed E-state index contributed by atoms with van der Waals surface area (Å²) in [6.07, 6.45) is 0.355. The lowest BCUT2D eigenvalue weighted by Gasteiger charge is -2.10. The number of rotatable bonds is 4. The van der Waals surface area contributed by atoms with E-state index >= 15 is 0 Å². The smallest absolute Gasteiger partial charge is 0.295 e. The van der Waals surface area contributed by atoms with Gasteiger partial charge >= 0.3 is 0 Å². The number of benzene rings is 1. The molecule has 0 aliphatic carbocycles. The first kappa shape index (κ1) is 13.0. The second-order valence-corrected chi connectivity index (χ2v) is 3.40. The molecule has 1 amide bonds. The molecule has 0 fully saturated rings. The largest absolute Gasteiger partial charge is 0.320 e. The van der Waals surface area contributed by atoms with Crippen LogP contribution in [0, 0.1) is 15.9 Å². The first-order chi connectivity index (χ1) is 7.97. The zero-order valence-electron chi connectivity index (χ0n) is 9.14. The highest BCUT2D eigenvalue weighted by atomic mass is 19.1. The van der Waals surface area contributed by atoms with Gasteiger partial charge in [-0.05, 0) is 12.5 Å². The van der Waals surface area contributed by atoms with Crippen LogP contribution in [0.5, 0.6) is 0 Å². The summed E-state index contributed by atoms with van der Waals surface area (Å²) in [5.41, 5.74) is 4.49. The highest BCUT2D eigenvalue weighted by Crippen LogP contribution is 2.26. The molecular formula is C10H12FN3O3. The van der Waals surface area contributed by atoms with Gasteiger partial charge in [-0.3, -0.25) is 14.9 Å². The number of halogens is 1. The van der Waals surface area contributed by atoms with Crippen molar-refractivity contribution in [1.29, 1.82) is 0 Å². The standard InChI is InChI=1S/C10H12FN3O3/c1-2-7(12)10(15)13-9-6(11)4-3-5-8(9)14(16)17/h3-5,7H,2,12H2,1H3,(H,13,15)/t7-/m1/s1. The number of carbonyl (C=O) groups is 1. The molecule has 0 aromatic heterocycles. The fourth-order valence-electron chi connectivity index (χ4n) is 1.19. The highest BCUT2D eigenvalue weighted by Gasteiger charge is 2.21. The molecule has 1 atom stereocenters. The molecule has 6 nitrogen and oxygen atoms in total. The first-order valence-electron chi connectivity index (χ1n) is 4.96. The number of nitrogens with one attached hydrogen (secondary N) is 1. The van der Waals surface area contributed by atoms with Crippen LogP contribution in [0.3, 0.4) is 0 Å². The number of para-hydroxylation sites is 1. The van der Waals surface area contributed by atoms with Crippen LogP contribution >= 0.6 is 0 Å². The van der Waals surface area contributed by atoms with Gasteiger partial charge in [0.2, 0.25) is 5.91 Å². The molecular weight excluding hydrogens is 229 g/mol. The lowest BCUT2D eigenvalue weighted by molar-refractivity contribution is -0.384. The van der Waals surface area contributed by atoms with Crippen LogP contribution in [0.4, 0.5) is 15.8 Å². The van der Waals surface area contributed by atoms with Crippen LogP contribution in [0.15, 0.2) is 18.2 Å². The van der Waals surface area contributed by atoms with Crippen molar-refractivity contribution < 1.29 is 14.1 Å². The Kier molecular flexibility index (Phi) is 4.11. The van der Waals surface area contributed by atoms with E-state index in [-0.39, 0.29) is 0 Å². The number of nitro groups is 1. The number of nitrogens with two attached hydrogens (primary N) is 1. The summed E-state index contributed by atoms with van der Waals surface area (Å²) < 4.78 is 13.4. The molecule has 0 saturated heterocycles. The van der Waals surface area contributed by atoms with Crippen molar-refractivity contribution in [2.24, 2.45) is 5.73 Å². The number of hydrogen-bond donors (Lipinski definition) is 2. The summed E-state index contributed by atoms with van der Waals surface area (Å²) >= 11 is 0. The van der Waals surface area contributed by atoms with Crippen molar-refractivity contribution in [1.82, 2.24) is 0 Å². The van der Waals surface area contributed by atoms with Gasteiger partial charge in [0.1, 0.15) is 0 Å². The fraction of sp³-hybridized carbons (Fsp3) is 0.300. The van der Waals surface area contributed by atoms with Crippen molar-refractivity contribution in [3.8, 4) is 0 Å². The third kappa shape index (κ3) is 2.97. The molecule has 7 heteroatoms. The number of anilines is 1. The molecule has 0 heterocycles. The van der Waals surface area contributed by atoms with Crippen LogP contribution in [0.25, 0.3) is 0 Å². The SMILES string of the molecule is CC[C@@H](N)C(=O)Nc1c(F)cccc1[N+](=O)[O-]. The molecule has 17 heavy (non-hydrogen) atoms. The van der Waals surface area contributed by atoms with Crippen molar-refractivity contribution in [2.45, 2.75) is 19.4 Å². The highest BCUT2D eigenvalue weighted by molar-refractivity contribution is 5.96. The minimum atomic E-state index is -0.865. The van der Waals surface area contributed by atoms with Gasteiger partial charge in [-0.25, -0.2) is 4.39 Å². The quantitative estimate of drug-likeness (QED) is 0.615. The lowest BCUT2D eigenvalue weighted by Crippen LogP contribution is -2.35. The van der Waals surface area contributed by atoms with Crippen LogP contribution < -0.4 is 11.1 Å². The molecule has 92 valence electrons. The second kappa shape index (κ2) is 5.35. The average Bonchev–Trinajstić information content (AvgIpc) is 2.30. The number of carbonyl (C=O) groups excluding carboxylic acids is 1. The molecule has 0 radical (unpaired) electrons. The van der Waals surface area contributed by atoms with Crippen molar-refractivity contribution >= 4 is 17.3 Å². The topological polar surface area (TPSA) is 98.3 Å². The minimum Gasteiger partial charge on any atom is -0.320 e. The van der Waals surface area contributed by atoms with E-state index in [0.29, 0.717) is 6.42 Å². The van der Waals surface area contributed by atoms with Gasteiger partial charge in [0, 0.05) is 6.07 Å². The van der Waals surface area contributed by atoms with Crippen LogP contribution in [-0.2, 0) is 4.79 Å². The molecule has 0 spiro atoms. The maximum absolute atomic E-state index is 13.4. The van der Waals surface area contributed by atoms with Gasteiger partial charge in [-0.2, -0.15) is 0 Å². The number of hydrogen-bond acceptors (Lipinski definition) is 4. The Balaban J connectivity index is 3.05. The van der Waals surface area contributed by atoms with E-state index in [4.69, 9.17) is 5.73 Å². The monoisotopic (exact) mass is 241 g/mol. The van der Waals surface area contributed by atoms with Gasteiger partial charge in [-0.15, -0.1) is 0 Å². The van der Waals surface area contributed by atoms with E-state index in [0.717, 1.165) is 12.1 Å². The Hall–Kier alpha value is -2.02. The molecule has 1 rings (SSSR count). The summed E-state index contributed by atoms with van der Waals surface area (Å²) in [7, 11) is 0. The third-order valence-corrected chi connectivity index (χ3v) is 2.21. The molecule has 0 aliphatic rings. The minimum absolute atomic E-state index is 0.355. The maximum atomic E-state index is 13.4. The molecule has 0 unspecified atom stereocenters. The lowest BCUT2D eigenvalue weighted by atomic mass is 10.2. The maximum Gasteiger partial charge on any atom is 0.295 e. The van der Waals surface area contributed by atoms with E-state index in [1.807, 2.05) is 0 Å². The normalized spacial score (nSPS) is 11.9. The van der Waals surface area contributed by atoms with Crippen molar-refractivity contribution in [2.75, 3.05) is 5.32 Å². The summed E-state index contributed by atoms with van der Waals surface area (Å²) in [6, 6.07) is 2.51. The first-order valence-corrected chi connectivity index (χ1v) is 4.96. The molecule has 0 aliphatic heterocycles. The van der Waals surface area contributed by atoms with Crippen LogP contribution in [0.2, 0.25) is 0 Å².